The Morgan fingerprint density at radius 2 is 1.63 bits per heavy atom. The van der Waals surface area contributed by atoms with Crippen molar-refractivity contribution in [3.63, 3.8) is 0 Å². The molecule has 138 valence electrons. The van der Waals surface area contributed by atoms with Crippen molar-refractivity contribution in [3.05, 3.63) is 89.6 Å². The highest BCUT2D eigenvalue weighted by Gasteiger charge is 2.30. The maximum Gasteiger partial charge on any atom is 0.416 e. The Bertz CT molecular complexity index is 910. The molecule has 1 aromatic heterocycles. The third-order valence-electron chi connectivity index (χ3n) is 3.82. The average molecular weight is 371 g/mol. The van der Waals surface area contributed by atoms with Crippen LogP contribution in [0.4, 0.5) is 24.7 Å². The molecular formula is C20H16F3N3O. The summed E-state index contributed by atoms with van der Waals surface area (Å²) in [5.74, 6) is -0.0656. The third-order valence-corrected chi connectivity index (χ3v) is 3.82. The number of alkyl halides is 3. The number of carbonyl (C=O) groups excluding carboxylic acids is 1. The second-order valence-corrected chi connectivity index (χ2v) is 5.77. The molecule has 3 rings (SSSR count). The number of nitrogens with one attached hydrogen (secondary N) is 2. The third kappa shape index (κ3) is 4.84. The van der Waals surface area contributed by atoms with Gasteiger partial charge in [-0.05, 0) is 42.0 Å². The zero-order valence-electron chi connectivity index (χ0n) is 14.1. The summed E-state index contributed by atoms with van der Waals surface area (Å²) in [4.78, 5) is 16.6. The molecule has 0 aliphatic carbocycles. The zero-order valence-corrected chi connectivity index (χ0v) is 14.1. The minimum absolute atomic E-state index is 0.267. The van der Waals surface area contributed by atoms with Crippen LogP contribution in [0.2, 0.25) is 0 Å². The number of carbonyl (C=O) groups is 1. The minimum atomic E-state index is -4.40. The average Bonchev–Trinajstić information content (AvgIpc) is 2.67. The molecule has 3 aromatic rings. The van der Waals surface area contributed by atoms with E-state index in [1.807, 2.05) is 30.3 Å². The van der Waals surface area contributed by atoms with Crippen LogP contribution >= 0.6 is 0 Å². The molecule has 1 heterocycles. The predicted molar refractivity (Wildman–Crippen MR) is 96.6 cm³/mol. The lowest BCUT2D eigenvalue weighted by molar-refractivity contribution is -0.137. The van der Waals surface area contributed by atoms with Crippen LogP contribution in [-0.4, -0.2) is 10.9 Å². The first-order valence-corrected chi connectivity index (χ1v) is 8.15. The van der Waals surface area contributed by atoms with Crippen LogP contribution in [-0.2, 0) is 12.7 Å². The quantitative estimate of drug-likeness (QED) is 0.679. The van der Waals surface area contributed by atoms with Crippen molar-refractivity contribution in [3.8, 4) is 0 Å². The van der Waals surface area contributed by atoms with E-state index >= 15 is 0 Å². The Kier molecular flexibility index (Phi) is 5.40. The number of hydrogen-bond acceptors (Lipinski definition) is 3. The monoisotopic (exact) mass is 371 g/mol. The number of amides is 1. The van der Waals surface area contributed by atoms with Crippen LogP contribution in [0.3, 0.4) is 0 Å². The van der Waals surface area contributed by atoms with Gasteiger partial charge in [0, 0.05) is 18.4 Å². The largest absolute Gasteiger partial charge is 0.416 e. The molecule has 0 atom stereocenters. The number of rotatable bonds is 5. The molecule has 0 bridgehead atoms. The molecule has 0 fully saturated rings. The number of anilines is 2. The molecule has 0 saturated carbocycles. The minimum Gasteiger partial charge on any atom is -0.348 e. The van der Waals surface area contributed by atoms with E-state index < -0.39 is 11.7 Å². The van der Waals surface area contributed by atoms with Crippen molar-refractivity contribution in [2.45, 2.75) is 12.7 Å². The normalized spacial score (nSPS) is 11.1. The first kappa shape index (κ1) is 18.4. The highest BCUT2D eigenvalue weighted by molar-refractivity contribution is 5.99. The number of hydrogen-bond donors (Lipinski definition) is 2. The molecule has 4 nitrogen and oxygen atoms in total. The van der Waals surface area contributed by atoms with Crippen LogP contribution in [0.5, 0.6) is 0 Å². The SMILES string of the molecule is O=C(NCc1ccccc1)c1cccnc1Nc1ccc(C(F)(F)F)cc1. The lowest BCUT2D eigenvalue weighted by Gasteiger charge is -2.12. The topological polar surface area (TPSA) is 54.0 Å². The van der Waals surface area contributed by atoms with Gasteiger partial charge in [0.1, 0.15) is 5.82 Å². The molecule has 0 spiro atoms. The van der Waals surface area contributed by atoms with Crippen molar-refractivity contribution >= 4 is 17.4 Å². The van der Waals surface area contributed by atoms with Crippen LogP contribution in [0.15, 0.2) is 72.9 Å². The van der Waals surface area contributed by atoms with Crippen molar-refractivity contribution in [1.29, 1.82) is 0 Å². The van der Waals surface area contributed by atoms with Crippen molar-refractivity contribution in [1.82, 2.24) is 10.3 Å². The Balaban J connectivity index is 1.72. The highest BCUT2D eigenvalue weighted by atomic mass is 19.4. The van der Waals surface area contributed by atoms with Crippen molar-refractivity contribution in [2.75, 3.05) is 5.32 Å². The molecule has 0 saturated heterocycles. The molecule has 7 heteroatoms. The fourth-order valence-electron chi connectivity index (χ4n) is 2.44. The lowest BCUT2D eigenvalue weighted by Crippen LogP contribution is -2.24. The van der Waals surface area contributed by atoms with Gasteiger partial charge < -0.3 is 10.6 Å². The molecule has 1 amide bonds. The fraction of sp³-hybridized carbons (Fsp3) is 0.100. The Morgan fingerprint density at radius 1 is 0.926 bits per heavy atom. The van der Waals surface area contributed by atoms with E-state index in [1.165, 1.54) is 18.3 Å². The van der Waals surface area contributed by atoms with Gasteiger partial charge >= 0.3 is 6.18 Å². The van der Waals surface area contributed by atoms with E-state index in [2.05, 4.69) is 15.6 Å². The maximum absolute atomic E-state index is 12.7. The Hall–Kier alpha value is -3.35. The van der Waals surface area contributed by atoms with Crippen molar-refractivity contribution in [2.24, 2.45) is 0 Å². The smallest absolute Gasteiger partial charge is 0.348 e. The van der Waals surface area contributed by atoms with Gasteiger partial charge in [-0.15, -0.1) is 0 Å². The summed E-state index contributed by atoms with van der Waals surface area (Å²) in [7, 11) is 0. The molecule has 0 aliphatic rings. The summed E-state index contributed by atoms with van der Waals surface area (Å²) in [5, 5.41) is 5.69. The zero-order chi connectivity index (χ0) is 19.3. The fourth-order valence-corrected chi connectivity index (χ4v) is 2.44. The van der Waals surface area contributed by atoms with Crippen LogP contribution in [0, 0.1) is 0 Å². The second kappa shape index (κ2) is 7.90. The summed E-state index contributed by atoms with van der Waals surface area (Å²) in [6.07, 6.45) is -2.90. The number of nitrogens with zero attached hydrogens (tertiary/aromatic N) is 1. The molecule has 2 N–H and O–H groups in total. The number of benzene rings is 2. The summed E-state index contributed by atoms with van der Waals surface area (Å²) >= 11 is 0. The Morgan fingerprint density at radius 3 is 2.30 bits per heavy atom. The number of aromatic nitrogens is 1. The first-order chi connectivity index (χ1) is 12.9. The van der Waals surface area contributed by atoms with E-state index in [0.717, 1.165) is 17.7 Å². The molecule has 2 aromatic carbocycles. The summed E-state index contributed by atoms with van der Waals surface area (Å²) in [6.45, 7) is 0.355. The van der Waals surface area contributed by atoms with Gasteiger partial charge in [-0.1, -0.05) is 30.3 Å². The molecular weight excluding hydrogens is 355 g/mol. The van der Waals surface area contributed by atoms with Crippen molar-refractivity contribution < 1.29 is 18.0 Å². The van der Waals surface area contributed by atoms with Gasteiger partial charge in [0.05, 0.1) is 11.1 Å². The van der Waals surface area contributed by atoms with Gasteiger partial charge in [-0.25, -0.2) is 4.98 Å². The molecule has 0 aliphatic heterocycles. The van der Waals surface area contributed by atoms with Gasteiger partial charge in [0.15, 0.2) is 0 Å². The molecule has 0 unspecified atom stereocenters. The van der Waals surface area contributed by atoms with E-state index in [4.69, 9.17) is 0 Å². The van der Waals surface area contributed by atoms with Gasteiger partial charge in [0.2, 0.25) is 0 Å². The van der Waals surface area contributed by atoms with Crippen LogP contribution in [0.1, 0.15) is 21.5 Å². The second-order valence-electron chi connectivity index (χ2n) is 5.77. The van der Waals surface area contributed by atoms with E-state index in [0.29, 0.717) is 17.8 Å². The lowest BCUT2D eigenvalue weighted by atomic mass is 10.2. The van der Waals surface area contributed by atoms with E-state index in [1.54, 1.807) is 12.1 Å². The van der Waals surface area contributed by atoms with Gasteiger partial charge in [0.25, 0.3) is 5.91 Å². The van der Waals surface area contributed by atoms with Gasteiger partial charge in [-0.2, -0.15) is 13.2 Å². The number of halogens is 3. The standard InChI is InChI=1S/C20H16F3N3O/c21-20(22,23)15-8-10-16(11-9-15)26-18-17(7-4-12-24-18)19(27)25-13-14-5-2-1-3-6-14/h1-12H,13H2,(H,24,26)(H,25,27). The van der Waals surface area contributed by atoms with Crippen LogP contribution < -0.4 is 10.6 Å². The van der Waals surface area contributed by atoms with E-state index in [9.17, 15) is 18.0 Å². The molecule has 0 radical (unpaired) electrons. The summed E-state index contributed by atoms with van der Waals surface area (Å²) in [6, 6.07) is 17.2. The van der Waals surface area contributed by atoms with E-state index in [-0.39, 0.29) is 11.7 Å². The summed E-state index contributed by atoms with van der Waals surface area (Å²) in [5.41, 5.74) is 0.911. The Labute approximate surface area is 154 Å². The maximum atomic E-state index is 12.7. The summed E-state index contributed by atoms with van der Waals surface area (Å²) < 4.78 is 38.0. The first-order valence-electron chi connectivity index (χ1n) is 8.15. The van der Waals surface area contributed by atoms with Gasteiger partial charge in [-0.3, -0.25) is 4.79 Å². The highest BCUT2D eigenvalue weighted by Crippen LogP contribution is 2.30. The predicted octanol–water partition coefficient (Wildman–Crippen LogP) is 4.77. The van der Waals surface area contributed by atoms with Crippen LogP contribution in [0.25, 0.3) is 0 Å². The number of pyridine rings is 1. The molecule has 27 heavy (non-hydrogen) atoms.